The number of carbonyl (C=O) groups excluding carboxylic acids is 1. The number of rotatable bonds is 5. The lowest BCUT2D eigenvalue weighted by molar-refractivity contribution is 0.0738. The molecule has 2 rings (SSSR count). The quantitative estimate of drug-likeness (QED) is 0.881. The van der Waals surface area contributed by atoms with Gasteiger partial charge in [-0.05, 0) is 13.3 Å². The van der Waals surface area contributed by atoms with Gasteiger partial charge in [0.05, 0.1) is 18.0 Å². The highest BCUT2D eigenvalue weighted by Gasteiger charge is 2.22. The molecule has 0 aromatic carbocycles. The highest BCUT2D eigenvalue weighted by molar-refractivity contribution is 5.92. The van der Waals surface area contributed by atoms with E-state index < -0.39 is 0 Å². The van der Waals surface area contributed by atoms with E-state index in [-0.39, 0.29) is 17.8 Å². The number of nitrogens with one attached hydrogen (secondary N) is 1. The molecule has 6 heteroatoms. The summed E-state index contributed by atoms with van der Waals surface area (Å²) in [5.74, 6) is 0.612. The fourth-order valence-electron chi connectivity index (χ4n) is 1.91. The first kappa shape index (κ1) is 13.6. The molecule has 1 aliphatic heterocycles. The van der Waals surface area contributed by atoms with Gasteiger partial charge < -0.3 is 14.6 Å². The second-order valence-corrected chi connectivity index (χ2v) is 4.53. The molecule has 0 bridgehead atoms. The number of aryl methyl sites for hydroxylation is 2. The summed E-state index contributed by atoms with van der Waals surface area (Å²) in [7, 11) is 0. The van der Waals surface area contributed by atoms with Crippen molar-refractivity contribution in [3.8, 4) is 0 Å². The van der Waals surface area contributed by atoms with E-state index in [1.807, 2.05) is 13.8 Å². The molecule has 19 heavy (non-hydrogen) atoms. The van der Waals surface area contributed by atoms with Gasteiger partial charge in [0.1, 0.15) is 6.10 Å². The van der Waals surface area contributed by atoms with Crippen molar-refractivity contribution in [1.82, 2.24) is 10.3 Å². The summed E-state index contributed by atoms with van der Waals surface area (Å²) in [6.07, 6.45) is 2.25. The molecule has 1 aromatic heterocycles. The van der Waals surface area contributed by atoms with Crippen molar-refractivity contribution in [2.45, 2.75) is 46.1 Å². The van der Waals surface area contributed by atoms with E-state index >= 15 is 0 Å². The molecule has 2 heterocycles. The number of oxazole rings is 1. The van der Waals surface area contributed by atoms with Gasteiger partial charge in [-0.15, -0.1) is 0 Å². The lowest BCUT2D eigenvalue weighted by Gasteiger charge is -2.08. The van der Waals surface area contributed by atoms with Crippen LogP contribution in [0.3, 0.4) is 0 Å². The van der Waals surface area contributed by atoms with Crippen molar-refractivity contribution in [3.63, 3.8) is 0 Å². The third kappa shape index (κ3) is 3.13. The van der Waals surface area contributed by atoms with E-state index in [1.165, 1.54) is 0 Å². The molecule has 1 amide bonds. The average Bonchev–Trinajstić information content (AvgIpc) is 3.02. The van der Waals surface area contributed by atoms with Crippen LogP contribution in [0.5, 0.6) is 0 Å². The topological polar surface area (TPSA) is 76.7 Å². The zero-order valence-corrected chi connectivity index (χ0v) is 11.5. The van der Waals surface area contributed by atoms with Gasteiger partial charge in [-0.25, -0.2) is 4.98 Å². The molecule has 1 N–H and O–H groups in total. The minimum absolute atomic E-state index is 0.0761. The summed E-state index contributed by atoms with van der Waals surface area (Å²) >= 11 is 0. The summed E-state index contributed by atoms with van der Waals surface area (Å²) < 4.78 is 5.39. The van der Waals surface area contributed by atoms with Crippen molar-refractivity contribution in [1.29, 1.82) is 0 Å². The molecule has 1 aromatic rings. The first-order valence-corrected chi connectivity index (χ1v) is 6.60. The van der Waals surface area contributed by atoms with Gasteiger partial charge in [0.2, 0.25) is 5.76 Å². The van der Waals surface area contributed by atoms with E-state index in [4.69, 9.17) is 9.25 Å². The van der Waals surface area contributed by atoms with Gasteiger partial charge in [0, 0.05) is 12.8 Å². The van der Waals surface area contributed by atoms with Gasteiger partial charge in [0.25, 0.3) is 5.91 Å². The van der Waals surface area contributed by atoms with Gasteiger partial charge in [-0.2, -0.15) is 0 Å². The van der Waals surface area contributed by atoms with Crippen LogP contribution in [0.2, 0.25) is 0 Å². The molecule has 0 aliphatic carbocycles. The van der Waals surface area contributed by atoms with E-state index in [2.05, 4.69) is 15.5 Å². The van der Waals surface area contributed by atoms with E-state index in [9.17, 15) is 4.79 Å². The summed E-state index contributed by atoms with van der Waals surface area (Å²) in [5, 5.41) is 6.74. The summed E-state index contributed by atoms with van der Waals surface area (Å²) in [4.78, 5) is 21.4. The molecule has 1 aliphatic rings. The largest absolute Gasteiger partial charge is 0.435 e. The number of hydrogen-bond acceptors (Lipinski definition) is 5. The first-order valence-electron chi connectivity index (χ1n) is 6.60. The Morgan fingerprint density at radius 3 is 2.79 bits per heavy atom. The van der Waals surface area contributed by atoms with Crippen molar-refractivity contribution in [2.24, 2.45) is 5.16 Å². The second-order valence-electron chi connectivity index (χ2n) is 4.53. The number of nitrogens with zero attached hydrogens (tertiary/aromatic N) is 2. The fraction of sp³-hybridized carbons (Fsp3) is 0.615. The number of aromatic nitrogens is 1. The van der Waals surface area contributed by atoms with Crippen LogP contribution in [0.25, 0.3) is 0 Å². The van der Waals surface area contributed by atoms with Gasteiger partial charge in [-0.1, -0.05) is 19.0 Å². The van der Waals surface area contributed by atoms with Gasteiger partial charge >= 0.3 is 0 Å². The van der Waals surface area contributed by atoms with Crippen molar-refractivity contribution in [3.05, 3.63) is 17.3 Å². The number of amides is 1. The lowest BCUT2D eigenvalue weighted by Crippen LogP contribution is -2.32. The fourth-order valence-corrected chi connectivity index (χ4v) is 1.91. The molecule has 104 valence electrons. The molecule has 0 saturated heterocycles. The van der Waals surface area contributed by atoms with Gasteiger partial charge in [-0.3, -0.25) is 4.79 Å². The first-order chi connectivity index (χ1) is 9.13. The maximum Gasteiger partial charge on any atom is 0.289 e. The zero-order chi connectivity index (χ0) is 13.8. The molecule has 0 radical (unpaired) electrons. The Balaban J connectivity index is 1.86. The molecule has 1 atom stereocenters. The third-order valence-electron chi connectivity index (χ3n) is 3.04. The van der Waals surface area contributed by atoms with Crippen molar-refractivity contribution in [2.75, 3.05) is 6.54 Å². The molecule has 0 unspecified atom stereocenters. The molecular weight excluding hydrogens is 246 g/mol. The minimum Gasteiger partial charge on any atom is -0.435 e. The smallest absolute Gasteiger partial charge is 0.289 e. The van der Waals surface area contributed by atoms with Crippen LogP contribution in [-0.4, -0.2) is 29.3 Å². The molecule has 0 fully saturated rings. The number of hydrogen-bond donors (Lipinski definition) is 1. The molecule has 0 saturated carbocycles. The Bertz CT molecular complexity index is 493. The minimum atomic E-state index is -0.252. The SMILES string of the molecule is CCC1=NO[C@H](CNC(=O)c2oc(CC)nc2C)C1. The number of carbonyl (C=O) groups is 1. The maximum atomic E-state index is 12.0. The van der Waals surface area contributed by atoms with Crippen LogP contribution in [-0.2, 0) is 11.3 Å². The molecule has 0 spiro atoms. The molecular formula is C13H19N3O3. The molecule has 6 nitrogen and oxygen atoms in total. The zero-order valence-electron chi connectivity index (χ0n) is 11.5. The third-order valence-corrected chi connectivity index (χ3v) is 3.04. The Hall–Kier alpha value is -1.85. The highest BCUT2D eigenvalue weighted by atomic mass is 16.6. The summed E-state index contributed by atoms with van der Waals surface area (Å²) in [6.45, 7) is 6.16. The van der Waals surface area contributed by atoms with Crippen LogP contribution in [0, 0.1) is 6.92 Å². The Labute approximate surface area is 112 Å². The van der Waals surface area contributed by atoms with E-state index in [1.54, 1.807) is 6.92 Å². The lowest BCUT2D eigenvalue weighted by atomic mass is 10.1. The summed E-state index contributed by atoms with van der Waals surface area (Å²) in [5.41, 5.74) is 1.65. The van der Waals surface area contributed by atoms with Crippen LogP contribution >= 0.6 is 0 Å². The highest BCUT2D eigenvalue weighted by Crippen LogP contribution is 2.13. The van der Waals surface area contributed by atoms with Crippen molar-refractivity contribution >= 4 is 11.6 Å². The average molecular weight is 265 g/mol. The van der Waals surface area contributed by atoms with Crippen LogP contribution < -0.4 is 5.32 Å². The van der Waals surface area contributed by atoms with Crippen LogP contribution in [0.4, 0.5) is 0 Å². The Morgan fingerprint density at radius 2 is 2.21 bits per heavy atom. The van der Waals surface area contributed by atoms with Crippen molar-refractivity contribution < 1.29 is 14.0 Å². The Kier molecular flexibility index (Phi) is 4.19. The summed E-state index contributed by atoms with van der Waals surface area (Å²) in [6, 6.07) is 0. The normalized spacial score (nSPS) is 18.1. The predicted molar refractivity (Wildman–Crippen MR) is 70.2 cm³/mol. The monoisotopic (exact) mass is 265 g/mol. The second kappa shape index (κ2) is 5.86. The van der Waals surface area contributed by atoms with Gasteiger partial charge in [0.15, 0.2) is 5.89 Å². The Morgan fingerprint density at radius 1 is 1.42 bits per heavy atom. The van der Waals surface area contributed by atoms with Crippen LogP contribution in [0.15, 0.2) is 9.57 Å². The standard InChI is InChI=1S/C13H19N3O3/c1-4-9-6-10(19-16-9)7-14-13(17)12-8(3)15-11(5-2)18-12/h10H,4-7H2,1-3H3,(H,14,17)/t10-/m0/s1. The van der Waals surface area contributed by atoms with E-state index in [0.717, 1.165) is 18.6 Å². The number of oxime groups is 1. The maximum absolute atomic E-state index is 12.0. The predicted octanol–water partition coefficient (Wildman–Crippen LogP) is 1.83. The van der Waals surface area contributed by atoms with E-state index in [0.29, 0.717) is 24.6 Å². The van der Waals surface area contributed by atoms with Crippen LogP contribution in [0.1, 0.15) is 48.8 Å².